The van der Waals surface area contributed by atoms with E-state index in [1.807, 2.05) is 12.1 Å². The van der Waals surface area contributed by atoms with Gasteiger partial charge in [0.1, 0.15) is 5.75 Å². The number of anilines is 1. The van der Waals surface area contributed by atoms with Gasteiger partial charge in [0.15, 0.2) is 0 Å². The van der Waals surface area contributed by atoms with Crippen molar-refractivity contribution in [3.8, 4) is 11.6 Å². The van der Waals surface area contributed by atoms with Crippen LogP contribution in [0.25, 0.3) is 0 Å². The number of benzene rings is 1. The average Bonchev–Trinajstić information content (AvgIpc) is 2.42. The third-order valence-electron chi connectivity index (χ3n) is 3.12. The maximum atomic E-state index is 5.85. The van der Waals surface area contributed by atoms with Crippen LogP contribution in [-0.4, -0.2) is 4.98 Å². The van der Waals surface area contributed by atoms with E-state index in [1.165, 1.54) is 5.56 Å². The Kier molecular flexibility index (Phi) is 4.43. The Morgan fingerprint density at radius 3 is 2.58 bits per heavy atom. The van der Waals surface area contributed by atoms with Crippen LogP contribution >= 0.6 is 15.9 Å². The summed E-state index contributed by atoms with van der Waals surface area (Å²) in [5.41, 5.74) is 7.68. The third-order valence-corrected chi connectivity index (χ3v) is 3.56. The van der Waals surface area contributed by atoms with E-state index in [2.05, 4.69) is 46.9 Å². The fourth-order valence-electron chi connectivity index (χ4n) is 1.74. The second-order valence-corrected chi connectivity index (χ2v) is 5.44. The molecule has 0 fully saturated rings. The number of halogens is 1. The summed E-state index contributed by atoms with van der Waals surface area (Å²) >= 11 is 3.32. The van der Waals surface area contributed by atoms with E-state index < -0.39 is 0 Å². The van der Waals surface area contributed by atoms with Gasteiger partial charge in [-0.2, -0.15) is 0 Å². The van der Waals surface area contributed by atoms with E-state index in [0.29, 0.717) is 17.5 Å². The second kappa shape index (κ2) is 6.06. The van der Waals surface area contributed by atoms with E-state index in [1.54, 1.807) is 12.3 Å². The quantitative estimate of drug-likeness (QED) is 0.885. The Labute approximate surface area is 121 Å². The molecule has 0 amide bonds. The number of nitrogens with two attached hydrogens (primary N) is 1. The van der Waals surface area contributed by atoms with Crippen molar-refractivity contribution < 1.29 is 4.74 Å². The Morgan fingerprint density at radius 1 is 1.32 bits per heavy atom. The Morgan fingerprint density at radius 2 is 2.00 bits per heavy atom. The molecule has 1 heterocycles. The molecule has 100 valence electrons. The molecule has 3 nitrogen and oxygen atoms in total. The van der Waals surface area contributed by atoms with Crippen LogP contribution in [0.2, 0.25) is 0 Å². The van der Waals surface area contributed by atoms with Crippen molar-refractivity contribution in [3.63, 3.8) is 0 Å². The number of hydrogen-bond donors (Lipinski definition) is 1. The molecule has 0 radical (unpaired) electrons. The van der Waals surface area contributed by atoms with E-state index >= 15 is 0 Å². The minimum Gasteiger partial charge on any atom is -0.437 e. The summed E-state index contributed by atoms with van der Waals surface area (Å²) in [6.07, 6.45) is 2.79. The molecular formula is C15H17BrN2O. The van der Waals surface area contributed by atoms with Crippen LogP contribution in [0.3, 0.4) is 0 Å². The largest absolute Gasteiger partial charge is 0.437 e. The molecule has 1 unspecified atom stereocenters. The lowest BCUT2D eigenvalue weighted by Crippen LogP contribution is -1.95. The molecule has 0 aliphatic carbocycles. The lowest BCUT2D eigenvalue weighted by molar-refractivity contribution is 0.465. The highest BCUT2D eigenvalue weighted by molar-refractivity contribution is 9.10. The molecule has 1 aromatic heterocycles. The van der Waals surface area contributed by atoms with Crippen LogP contribution < -0.4 is 10.5 Å². The van der Waals surface area contributed by atoms with E-state index in [9.17, 15) is 0 Å². The minimum atomic E-state index is 0.430. The zero-order valence-electron chi connectivity index (χ0n) is 11.1. The first-order valence-electron chi connectivity index (χ1n) is 6.29. The summed E-state index contributed by atoms with van der Waals surface area (Å²) in [7, 11) is 0. The molecule has 1 aromatic carbocycles. The number of pyridine rings is 1. The number of aromatic nitrogens is 1. The highest BCUT2D eigenvalue weighted by atomic mass is 79.9. The van der Waals surface area contributed by atoms with Crippen LogP contribution in [0.1, 0.15) is 31.7 Å². The van der Waals surface area contributed by atoms with Gasteiger partial charge in [-0.1, -0.05) is 26.0 Å². The van der Waals surface area contributed by atoms with Crippen molar-refractivity contribution in [1.29, 1.82) is 0 Å². The van der Waals surface area contributed by atoms with Crippen LogP contribution in [0.15, 0.2) is 41.0 Å². The Hall–Kier alpha value is -1.55. The predicted molar refractivity (Wildman–Crippen MR) is 81.6 cm³/mol. The number of ether oxygens (including phenoxy) is 1. The summed E-state index contributed by atoms with van der Waals surface area (Å²) in [4.78, 5) is 4.15. The molecule has 2 rings (SSSR count). The van der Waals surface area contributed by atoms with Gasteiger partial charge >= 0.3 is 0 Å². The van der Waals surface area contributed by atoms with Gasteiger partial charge in [0.05, 0.1) is 5.69 Å². The van der Waals surface area contributed by atoms with Gasteiger partial charge in [0.2, 0.25) is 5.88 Å². The highest BCUT2D eigenvalue weighted by Gasteiger charge is 2.06. The molecule has 19 heavy (non-hydrogen) atoms. The molecule has 0 aliphatic heterocycles. The summed E-state index contributed by atoms with van der Waals surface area (Å²) in [6.45, 7) is 4.39. The van der Waals surface area contributed by atoms with E-state index in [-0.39, 0.29) is 0 Å². The average molecular weight is 321 g/mol. The molecule has 0 saturated carbocycles. The fraction of sp³-hybridized carbons (Fsp3) is 0.267. The van der Waals surface area contributed by atoms with Crippen molar-refractivity contribution in [2.24, 2.45) is 0 Å². The van der Waals surface area contributed by atoms with Gasteiger partial charge in [-0.3, -0.25) is 0 Å². The maximum absolute atomic E-state index is 5.85. The molecule has 1 atom stereocenters. The van der Waals surface area contributed by atoms with Crippen LogP contribution in [-0.2, 0) is 0 Å². The molecule has 0 saturated heterocycles. The van der Waals surface area contributed by atoms with Gasteiger partial charge in [-0.05, 0) is 52.0 Å². The van der Waals surface area contributed by atoms with Crippen LogP contribution in [0, 0.1) is 0 Å². The van der Waals surface area contributed by atoms with E-state index in [0.717, 1.165) is 16.6 Å². The molecule has 4 heteroatoms. The number of nitrogen functional groups attached to an aromatic ring is 1. The summed E-state index contributed by atoms with van der Waals surface area (Å²) in [6, 6.07) is 9.84. The van der Waals surface area contributed by atoms with Crippen molar-refractivity contribution in [2.45, 2.75) is 26.2 Å². The first-order valence-corrected chi connectivity index (χ1v) is 7.08. The van der Waals surface area contributed by atoms with Gasteiger partial charge < -0.3 is 10.5 Å². The van der Waals surface area contributed by atoms with Gasteiger partial charge in [-0.15, -0.1) is 0 Å². The number of rotatable bonds is 4. The van der Waals surface area contributed by atoms with Crippen molar-refractivity contribution in [1.82, 2.24) is 4.98 Å². The zero-order chi connectivity index (χ0) is 13.8. The zero-order valence-corrected chi connectivity index (χ0v) is 12.6. The fourth-order valence-corrected chi connectivity index (χ4v) is 2.09. The standard InChI is InChI=1S/C15H17BrN2O/c1-3-10(2)11-4-6-13(7-5-11)19-15-14(17)8-12(16)9-18-15/h4-10H,3,17H2,1-2H3. The number of hydrogen-bond acceptors (Lipinski definition) is 3. The lowest BCUT2D eigenvalue weighted by atomic mass is 9.99. The van der Waals surface area contributed by atoms with E-state index in [4.69, 9.17) is 10.5 Å². The van der Waals surface area contributed by atoms with Crippen LogP contribution in [0.4, 0.5) is 5.69 Å². The van der Waals surface area contributed by atoms with Gasteiger partial charge in [0, 0.05) is 10.7 Å². The molecular weight excluding hydrogens is 304 g/mol. The predicted octanol–water partition coefficient (Wildman–Crippen LogP) is 4.73. The van der Waals surface area contributed by atoms with Crippen LogP contribution in [0.5, 0.6) is 11.6 Å². The van der Waals surface area contributed by atoms with Gasteiger partial charge in [0.25, 0.3) is 0 Å². The topological polar surface area (TPSA) is 48.1 Å². The highest BCUT2D eigenvalue weighted by Crippen LogP contribution is 2.28. The Balaban J connectivity index is 2.15. The summed E-state index contributed by atoms with van der Waals surface area (Å²) in [5.74, 6) is 1.73. The monoisotopic (exact) mass is 320 g/mol. The first-order chi connectivity index (χ1) is 9.10. The molecule has 0 aliphatic rings. The minimum absolute atomic E-state index is 0.430. The lowest BCUT2D eigenvalue weighted by Gasteiger charge is -2.11. The summed E-state index contributed by atoms with van der Waals surface area (Å²) in [5, 5.41) is 0. The maximum Gasteiger partial charge on any atom is 0.242 e. The molecule has 2 N–H and O–H groups in total. The third kappa shape index (κ3) is 3.47. The van der Waals surface area contributed by atoms with Crippen molar-refractivity contribution in [2.75, 3.05) is 5.73 Å². The van der Waals surface area contributed by atoms with Crippen molar-refractivity contribution in [3.05, 3.63) is 46.6 Å². The number of nitrogens with zero attached hydrogens (tertiary/aromatic N) is 1. The Bertz CT molecular complexity index is 555. The van der Waals surface area contributed by atoms with Crippen molar-refractivity contribution >= 4 is 21.6 Å². The molecule has 0 bridgehead atoms. The molecule has 0 spiro atoms. The smallest absolute Gasteiger partial charge is 0.242 e. The van der Waals surface area contributed by atoms with Gasteiger partial charge in [-0.25, -0.2) is 4.98 Å². The first kappa shape index (κ1) is 13.9. The SMILES string of the molecule is CCC(C)c1ccc(Oc2ncc(Br)cc2N)cc1. The normalized spacial score (nSPS) is 12.2. The second-order valence-electron chi connectivity index (χ2n) is 4.53. The molecule has 2 aromatic rings. The summed E-state index contributed by atoms with van der Waals surface area (Å²) < 4.78 is 6.51.